The second-order valence-electron chi connectivity index (χ2n) is 4.12. The number of carbonyl (C=O) groups is 1. The molecular weight excluding hydrogens is 207 g/mol. The van der Waals surface area contributed by atoms with E-state index in [0.29, 0.717) is 12.2 Å². The number of hydrogen-bond donors (Lipinski definition) is 2. The van der Waals surface area contributed by atoms with Crippen LogP contribution in [0, 0.1) is 5.82 Å². The fraction of sp³-hybridized carbons (Fsp3) is 0.250. The number of hydrogen-bond acceptors (Lipinski definition) is 2. The summed E-state index contributed by atoms with van der Waals surface area (Å²) in [4.78, 5) is 12.0. The number of halogens is 1. The highest BCUT2D eigenvalue weighted by Crippen LogP contribution is 2.40. The Hall–Kier alpha value is -1.68. The summed E-state index contributed by atoms with van der Waals surface area (Å²) >= 11 is 0. The lowest BCUT2D eigenvalue weighted by atomic mass is 9.80. The highest BCUT2D eigenvalue weighted by molar-refractivity contribution is 6.08. The Labute approximate surface area is 92.3 Å². The Morgan fingerprint density at radius 3 is 3.00 bits per heavy atom. The molecule has 0 saturated heterocycles. The van der Waals surface area contributed by atoms with E-state index in [-0.39, 0.29) is 11.7 Å². The summed E-state index contributed by atoms with van der Waals surface area (Å²) in [6.07, 6.45) is 3.77. The summed E-state index contributed by atoms with van der Waals surface area (Å²) in [5.74, 6) is -0.530. The van der Waals surface area contributed by atoms with Gasteiger partial charge in [-0.15, -0.1) is 0 Å². The van der Waals surface area contributed by atoms with E-state index in [1.54, 1.807) is 12.1 Å². The largest absolute Gasteiger partial charge is 0.322 e. The van der Waals surface area contributed by atoms with Crippen LogP contribution in [-0.4, -0.2) is 19.0 Å². The summed E-state index contributed by atoms with van der Waals surface area (Å²) in [6, 6.07) is 4.80. The molecule has 3 nitrogen and oxygen atoms in total. The van der Waals surface area contributed by atoms with Crippen LogP contribution in [0.25, 0.3) is 0 Å². The van der Waals surface area contributed by atoms with Crippen LogP contribution in [0.4, 0.5) is 10.1 Å². The molecule has 2 N–H and O–H groups in total. The zero-order chi connectivity index (χ0) is 11.2. The summed E-state index contributed by atoms with van der Waals surface area (Å²) < 4.78 is 13.5. The Morgan fingerprint density at radius 1 is 1.38 bits per heavy atom. The molecule has 2 heterocycles. The van der Waals surface area contributed by atoms with Gasteiger partial charge in [-0.05, 0) is 11.6 Å². The first-order valence-corrected chi connectivity index (χ1v) is 5.23. The van der Waals surface area contributed by atoms with E-state index in [1.165, 1.54) is 6.07 Å². The number of rotatable bonds is 0. The molecule has 2 aliphatic rings. The number of benzene rings is 1. The van der Waals surface area contributed by atoms with Crippen molar-refractivity contribution in [3.05, 3.63) is 41.7 Å². The monoisotopic (exact) mass is 218 g/mol. The molecular formula is C12H11FN2O. The third kappa shape index (κ3) is 1.08. The Kier molecular flexibility index (Phi) is 1.88. The van der Waals surface area contributed by atoms with Gasteiger partial charge < -0.3 is 10.6 Å². The molecule has 0 fully saturated rings. The first-order chi connectivity index (χ1) is 7.74. The van der Waals surface area contributed by atoms with Gasteiger partial charge in [-0.2, -0.15) is 0 Å². The van der Waals surface area contributed by atoms with E-state index in [1.807, 2.05) is 12.2 Å². The predicted molar refractivity (Wildman–Crippen MR) is 58.7 cm³/mol. The molecule has 3 rings (SSSR count). The maximum Gasteiger partial charge on any atom is 0.240 e. The first kappa shape index (κ1) is 9.54. The van der Waals surface area contributed by atoms with Crippen LogP contribution in [0.3, 0.4) is 0 Å². The highest BCUT2D eigenvalue weighted by atomic mass is 19.1. The molecule has 0 radical (unpaired) electrons. The lowest BCUT2D eigenvalue weighted by Gasteiger charge is -2.27. The zero-order valence-electron chi connectivity index (χ0n) is 8.59. The predicted octanol–water partition coefficient (Wildman–Crippen LogP) is 1.17. The van der Waals surface area contributed by atoms with Gasteiger partial charge in [0.15, 0.2) is 0 Å². The molecule has 2 aliphatic heterocycles. The number of carbonyl (C=O) groups excluding carboxylic acids is 1. The van der Waals surface area contributed by atoms with Gasteiger partial charge in [0.25, 0.3) is 0 Å². The summed E-state index contributed by atoms with van der Waals surface area (Å²) in [7, 11) is 0. The van der Waals surface area contributed by atoms with E-state index in [2.05, 4.69) is 10.6 Å². The van der Waals surface area contributed by atoms with Gasteiger partial charge in [-0.25, -0.2) is 4.39 Å². The van der Waals surface area contributed by atoms with Crippen LogP contribution < -0.4 is 10.6 Å². The molecule has 16 heavy (non-hydrogen) atoms. The van der Waals surface area contributed by atoms with E-state index >= 15 is 0 Å². The lowest BCUT2D eigenvalue weighted by molar-refractivity contribution is -0.119. The first-order valence-electron chi connectivity index (χ1n) is 5.23. The van der Waals surface area contributed by atoms with Crippen molar-refractivity contribution in [2.24, 2.45) is 0 Å². The third-order valence-corrected chi connectivity index (χ3v) is 3.21. The van der Waals surface area contributed by atoms with Crippen LogP contribution in [0.1, 0.15) is 5.56 Å². The van der Waals surface area contributed by atoms with Crippen molar-refractivity contribution in [1.82, 2.24) is 5.32 Å². The maximum atomic E-state index is 13.5. The fourth-order valence-corrected chi connectivity index (χ4v) is 2.38. The smallest absolute Gasteiger partial charge is 0.240 e. The number of anilines is 1. The maximum absolute atomic E-state index is 13.5. The summed E-state index contributed by atoms with van der Waals surface area (Å²) in [6.45, 7) is 1.27. The van der Waals surface area contributed by atoms with Crippen molar-refractivity contribution < 1.29 is 9.18 Å². The van der Waals surface area contributed by atoms with Crippen molar-refractivity contribution in [2.45, 2.75) is 5.41 Å². The molecule has 1 amide bonds. The van der Waals surface area contributed by atoms with Crippen molar-refractivity contribution >= 4 is 11.6 Å². The fourth-order valence-electron chi connectivity index (χ4n) is 2.38. The van der Waals surface area contributed by atoms with Crippen molar-refractivity contribution in [3.8, 4) is 0 Å². The lowest BCUT2D eigenvalue weighted by Crippen LogP contribution is -2.44. The minimum atomic E-state index is -0.727. The Balaban J connectivity index is 2.23. The van der Waals surface area contributed by atoms with E-state index in [4.69, 9.17) is 0 Å². The molecule has 1 unspecified atom stereocenters. The van der Waals surface area contributed by atoms with Gasteiger partial charge in [0.05, 0.1) is 5.69 Å². The van der Waals surface area contributed by atoms with E-state index < -0.39 is 5.41 Å². The van der Waals surface area contributed by atoms with Gasteiger partial charge in [-0.1, -0.05) is 24.3 Å². The average Bonchev–Trinajstić information content (AvgIpc) is 2.57. The number of fused-ring (bicyclic) bond motifs is 2. The van der Waals surface area contributed by atoms with Gasteiger partial charge >= 0.3 is 0 Å². The summed E-state index contributed by atoms with van der Waals surface area (Å²) in [5.41, 5.74) is 0.317. The molecule has 1 aromatic rings. The van der Waals surface area contributed by atoms with E-state index in [9.17, 15) is 9.18 Å². The van der Waals surface area contributed by atoms with Crippen LogP contribution >= 0.6 is 0 Å². The minimum Gasteiger partial charge on any atom is -0.322 e. The molecule has 4 heteroatoms. The van der Waals surface area contributed by atoms with Crippen LogP contribution in [0.2, 0.25) is 0 Å². The molecule has 1 spiro atoms. The van der Waals surface area contributed by atoms with Crippen LogP contribution in [0.15, 0.2) is 30.4 Å². The SMILES string of the molecule is O=C1Nc2c(F)cccc2C12C=CCNC2. The molecule has 82 valence electrons. The zero-order valence-corrected chi connectivity index (χ0v) is 8.59. The van der Waals surface area contributed by atoms with Crippen LogP contribution in [-0.2, 0) is 10.2 Å². The normalized spacial score (nSPS) is 26.9. The molecule has 0 bridgehead atoms. The van der Waals surface area contributed by atoms with Crippen molar-refractivity contribution in [3.63, 3.8) is 0 Å². The van der Waals surface area contributed by atoms with Gasteiger partial charge in [0, 0.05) is 13.1 Å². The van der Waals surface area contributed by atoms with Crippen molar-refractivity contribution in [1.29, 1.82) is 0 Å². The minimum absolute atomic E-state index is 0.156. The Bertz CT molecular complexity index is 498. The van der Waals surface area contributed by atoms with Gasteiger partial charge in [0.1, 0.15) is 11.2 Å². The molecule has 0 saturated carbocycles. The standard InChI is InChI=1S/C12H11FN2O/c13-9-4-1-3-8-10(9)15-11(16)12(8)5-2-6-14-7-12/h1-5,14H,6-7H2,(H,15,16). The molecule has 0 aliphatic carbocycles. The highest BCUT2D eigenvalue weighted by Gasteiger charge is 2.46. The molecule has 1 aromatic carbocycles. The topological polar surface area (TPSA) is 41.1 Å². The second-order valence-corrected chi connectivity index (χ2v) is 4.12. The third-order valence-electron chi connectivity index (χ3n) is 3.21. The number of nitrogens with one attached hydrogen (secondary N) is 2. The van der Waals surface area contributed by atoms with Crippen molar-refractivity contribution in [2.75, 3.05) is 18.4 Å². The van der Waals surface area contributed by atoms with E-state index in [0.717, 1.165) is 12.1 Å². The van der Waals surface area contributed by atoms with Crippen LogP contribution in [0.5, 0.6) is 0 Å². The van der Waals surface area contributed by atoms with Gasteiger partial charge in [0.2, 0.25) is 5.91 Å². The Morgan fingerprint density at radius 2 is 2.25 bits per heavy atom. The molecule has 1 atom stereocenters. The second kappa shape index (κ2) is 3.15. The average molecular weight is 218 g/mol. The summed E-state index contributed by atoms with van der Waals surface area (Å²) in [5, 5.41) is 5.76. The number of para-hydroxylation sites is 1. The molecule has 0 aromatic heterocycles. The number of amides is 1. The van der Waals surface area contributed by atoms with Gasteiger partial charge in [-0.3, -0.25) is 4.79 Å². The quantitative estimate of drug-likeness (QED) is 0.642.